The number of carbonyl (C=O) groups excluding carboxylic acids is 1. The Labute approximate surface area is 130 Å². The maximum atomic E-state index is 12.8. The molecule has 2 aromatic rings. The number of aliphatic hydroxyl groups excluding tert-OH is 1. The third-order valence-corrected chi connectivity index (χ3v) is 4.84. The Morgan fingerprint density at radius 1 is 1.27 bits per heavy atom. The van der Waals surface area contributed by atoms with Crippen molar-refractivity contribution in [3.8, 4) is 0 Å². The summed E-state index contributed by atoms with van der Waals surface area (Å²) in [5.41, 5.74) is 3.11. The molecule has 0 radical (unpaired) electrons. The second kappa shape index (κ2) is 5.76. The molecule has 1 fully saturated rings. The van der Waals surface area contributed by atoms with Crippen LogP contribution >= 0.6 is 0 Å². The van der Waals surface area contributed by atoms with E-state index in [2.05, 4.69) is 19.9 Å². The summed E-state index contributed by atoms with van der Waals surface area (Å²) in [6, 6.07) is 6.06. The third kappa shape index (κ3) is 2.63. The third-order valence-electron chi connectivity index (χ3n) is 4.84. The lowest BCUT2D eigenvalue weighted by atomic mass is 9.94. The first-order chi connectivity index (χ1) is 10.5. The molecule has 22 heavy (non-hydrogen) atoms. The smallest absolute Gasteiger partial charge is 0.289 e. The number of aliphatic hydroxyl groups is 1. The number of furan rings is 1. The van der Waals surface area contributed by atoms with E-state index in [0.29, 0.717) is 12.3 Å². The number of nitrogens with zero attached hydrogens (tertiary/aromatic N) is 1. The predicted octanol–water partition coefficient (Wildman–Crippen LogP) is 3.28. The van der Waals surface area contributed by atoms with Crippen molar-refractivity contribution < 1.29 is 14.3 Å². The summed E-state index contributed by atoms with van der Waals surface area (Å²) in [7, 11) is 0. The molecule has 2 heterocycles. The molecule has 1 N–H and O–H groups in total. The summed E-state index contributed by atoms with van der Waals surface area (Å²) >= 11 is 0. The van der Waals surface area contributed by atoms with Crippen molar-refractivity contribution in [3.05, 3.63) is 35.1 Å². The Kier molecular flexibility index (Phi) is 3.96. The van der Waals surface area contributed by atoms with Crippen LogP contribution < -0.4 is 0 Å². The van der Waals surface area contributed by atoms with Gasteiger partial charge in [0, 0.05) is 24.6 Å². The zero-order chi connectivity index (χ0) is 15.9. The Hall–Kier alpha value is -1.81. The number of carbonyl (C=O) groups is 1. The first-order valence-corrected chi connectivity index (χ1v) is 7.92. The van der Waals surface area contributed by atoms with E-state index >= 15 is 0 Å². The number of hydrogen-bond donors (Lipinski definition) is 1. The number of rotatable bonds is 2. The summed E-state index contributed by atoms with van der Waals surface area (Å²) in [5.74, 6) is 0.497. The number of hydrogen-bond acceptors (Lipinski definition) is 3. The maximum absolute atomic E-state index is 12.8. The van der Waals surface area contributed by atoms with Gasteiger partial charge in [-0.2, -0.15) is 0 Å². The summed E-state index contributed by atoms with van der Waals surface area (Å²) < 4.78 is 5.78. The van der Waals surface area contributed by atoms with E-state index in [1.54, 1.807) is 0 Å². The highest BCUT2D eigenvalue weighted by atomic mass is 16.3. The average Bonchev–Trinajstić information content (AvgIpc) is 2.90. The number of amides is 1. The summed E-state index contributed by atoms with van der Waals surface area (Å²) in [4.78, 5) is 14.6. The van der Waals surface area contributed by atoms with Crippen molar-refractivity contribution in [3.63, 3.8) is 0 Å². The minimum absolute atomic E-state index is 0.0721. The highest BCUT2D eigenvalue weighted by Gasteiger charge is 2.30. The van der Waals surface area contributed by atoms with Crippen LogP contribution in [0, 0.1) is 19.8 Å². The number of fused-ring (bicyclic) bond motifs is 1. The molecular weight excluding hydrogens is 278 g/mol. The quantitative estimate of drug-likeness (QED) is 0.926. The van der Waals surface area contributed by atoms with Gasteiger partial charge >= 0.3 is 0 Å². The van der Waals surface area contributed by atoms with Crippen molar-refractivity contribution in [2.75, 3.05) is 13.2 Å². The molecule has 0 spiro atoms. The van der Waals surface area contributed by atoms with E-state index in [4.69, 9.17) is 4.42 Å². The topological polar surface area (TPSA) is 53.7 Å². The molecule has 1 aliphatic rings. The number of piperidine rings is 1. The lowest BCUT2D eigenvalue weighted by molar-refractivity contribution is 0.0461. The molecule has 1 amide bonds. The van der Waals surface area contributed by atoms with Crippen LogP contribution in [0.5, 0.6) is 0 Å². The summed E-state index contributed by atoms with van der Waals surface area (Å²) in [6.45, 7) is 6.89. The lowest BCUT2D eigenvalue weighted by Crippen LogP contribution is -2.46. The summed E-state index contributed by atoms with van der Waals surface area (Å²) in [6.07, 6.45) is 1.90. The van der Waals surface area contributed by atoms with Gasteiger partial charge in [0.2, 0.25) is 0 Å². The highest BCUT2D eigenvalue weighted by molar-refractivity contribution is 5.96. The van der Waals surface area contributed by atoms with Gasteiger partial charge in [0.25, 0.3) is 5.91 Å². The standard InChI is InChI=1S/C18H23NO3/c1-11-6-15-8-17(22-16(15)7-12(11)2)18(21)19-9-14(10-20)5-4-13(19)3/h6-8,13-14,20H,4-5,9-10H2,1-3H3. The fourth-order valence-corrected chi connectivity index (χ4v) is 3.16. The second-order valence-corrected chi connectivity index (χ2v) is 6.52. The van der Waals surface area contributed by atoms with Gasteiger partial charge < -0.3 is 14.4 Å². The van der Waals surface area contributed by atoms with Crippen LogP contribution in [-0.4, -0.2) is 35.1 Å². The minimum atomic E-state index is -0.0721. The first-order valence-electron chi connectivity index (χ1n) is 7.92. The average molecular weight is 301 g/mol. The zero-order valence-electron chi connectivity index (χ0n) is 13.4. The van der Waals surface area contributed by atoms with Crippen molar-refractivity contribution in [2.24, 2.45) is 5.92 Å². The van der Waals surface area contributed by atoms with Crippen LogP contribution in [0.3, 0.4) is 0 Å². The Balaban J connectivity index is 1.91. The van der Waals surface area contributed by atoms with Crippen molar-refractivity contribution in [1.29, 1.82) is 0 Å². The van der Waals surface area contributed by atoms with Crippen LogP contribution in [-0.2, 0) is 0 Å². The molecule has 4 nitrogen and oxygen atoms in total. The van der Waals surface area contributed by atoms with Crippen LogP contribution in [0.25, 0.3) is 11.0 Å². The number of aryl methyl sites for hydroxylation is 2. The maximum Gasteiger partial charge on any atom is 0.289 e. The van der Waals surface area contributed by atoms with E-state index < -0.39 is 0 Å². The van der Waals surface area contributed by atoms with E-state index in [1.807, 2.05) is 24.0 Å². The Morgan fingerprint density at radius 3 is 2.73 bits per heavy atom. The number of likely N-dealkylation sites (tertiary alicyclic amines) is 1. The van der Waals surface area contributed by atoms with E-state index in [0.717, 1.165) is 29.4 Å². The lowest BCUT2D eigenvalue weighted by Gasteiger charge is -2.36. The molecule has 1 aliphatic heterocycles. The van der Waals surface area contributed by atoms with Gasteiger partial charge in [-0.15, -0.1) is 0 Å². The Morgan fingerprint density at radius 2 is 2.00 bits per heavy atom. The van der Waals surface area contributed by atoms with E-state index in [9.17, 15) is 9.90 Å². The molecule has 0 saturated carbocycles. The minimum Gasteiger partial charge on any atom is -0.451 e. The SMILES string of the molecule is Cc1cc2cc(C(=O)N3CC(CO)CCC3C)oc2cc1C. The molecule has 0 bridgehead atoms. The molecule has 2 unspecified atom stereocenters. The normalized spacial score (nSPS) is 22.3. The second-order valence-electron chi connectivity index (χ2n) is 6.52. The van der Waals surface area contributed by atoms with Gasteiger partial charge in [0.05, 0.1) is 0 Å². The zero-order valence-corrected chi connectivity index (χ0v) is 13.4. The molecule has 1 aromatic carbocycles. The van der Waals surface area contributed by atoms with Gasteiger partial charge in [-0.1, -0.05) is 0 Å². The van der Waals surface area contributed by atoms with Crippen LogP contribution in [0.15, 0.2) is 22.6 Å². The fourth-order valence-electron chi connectivity index (χ4n) is 3.16. The van der Waals surface area contributed by atoms with Crippen molar-refractivity contribution in [2.45, 2.75) is 39.7 Å². The van der Waals surface area contributed by atoms with Gasteiger partial charge in [-0.3, -0.25) is 4.79 Å². The largest absolute Gasteiger partial charge is 0.451 e. The van der Waals surface area contributed by atoms with Crippen molar-refractivity contribution >= 4 is 16.9 Å². The molecule has 2 atom stereocenters. The van der Waals surface area contributed by atoms with Gasteiger partial charge in [-0.05, 0) is 68.9 Å². The Bertz CT molecular complexity index is 665. The van der Waals surface area contributed by atoms with Crippen LogP contribution in [0.1, 0.15) is 41.4 Å². The van der Waals surface area contributed by atoms with Crippen LogP contribution in [0.2, 0.25) is 0 Å². The fraction of sp³-hybridized carbons (Fsp3) is 0.500. The van der Waals surface area contributed by atoms with E-state index in [1.165, 1.54) is 5.56 Å². The van der Waals surface area contributed by atoms with Crippen LogP contribution in [0.4, 0.5) is 0 Å². The van der Waals surface area contributed by atoms with Gasteiger partial charge in [-0.25, -0.2) is 0 Å². The molecule has 1 aromatic heterocycles. The molecule has 0 aliphatic carbocycles. The predicted molar refractivity (Wildman–Crippen MR) is 86.0 cm³/mol. The van der Waals surface area contributed by atoms with Gasteiger partial charge in [0.1, 0.15) is 5.58 Å². The highest BCUT2D eigenvalue weighted by Crippen LogP contribution is 2.27. The molecular formula is C18H23NO3. The monoisotopic (exact) mass is 301 g/mol. The molecule has 4 heteroatoms. The van der Waals surface area contributed by atoms with E-state index in [-0.39, 0.29) is 24.5 Å². The molecule has 3 rings (SSSR count). The summed E-state index contributed by atoms with van der Waals surface area (Å²) in [5, 5.41) is 10.3. The van der Waals surface area contributed by atoms with Crippen molar-refractivity contribution in [1.82, 2.24) is 4.90 Å². The molecule has 118 valence electrons. The first kappa shape index (κ1) is 15.1. The molecule has 1 saturated heterocycles. The van der Waals surface area contributed by atoms with Gasteiger partial charge in [0.15, 0.2) is 5.76 Å². The number of benzene rings is 1.